The highest BCUT2D eigenvalue weighted by molar-refractivity contribution is 6.42. The SMILES string of the molecule is O=C(NN=Cc1ccc(Cl)c(Cl)c1)c1ccc(C(=O)NN=Cc2ccc(Cl)c(Cl)c2)o1. The van der Waals surface area contributed by atoms with Crippen molar-refractivity contribution in [3.05, 3.63) is 91.3 Å². The second kappa shape index (κ2) is 10.5. The molecule has 0 aliphatic heterocycles. The first-order chi connectivity index (χ1) is 14.8. The number of nitrogens with one attached hydrogen (secondary N) is 2. The van der Waals surface area contributed by atoms with Crippen LogP contribution < -0.4 is 10.9 Å². The van der Waals surface area contributed by atoms with Crippen molar-refractivity contribution in [2.45, 2.75) is 0 Å². The van der Waals surface area contributed by atoms with Crippen molar-refractivity contribution in [3.63, 3.8) is 0 Å². The predicted octanol–water partition coefficient (Wildman–Crippen LogP) is 5.42. The molecule has 0 aliphatic rings. The molecule has 1 heterocycles. The summed E-state index contributed by atoms with van der Waals surface area (Å²) in [7, 11) is 0. The van der Waals surface area contributed by atoms with E-state index in [0.717, 1.165) is 0 Å². The minimum Gasteiger partial charge on any atom is -0.446 e. The number of hydrogen-bond acceptors (Lipinski definition) is 5. The third-order valence-corrected chi connectivity index (χ3v) is 5.18. The molecule has 0 unspecified atom stereocenters. The molecule has 0 atom stereocenters. The zero-order valence-corrected chi connectivity index (χ0v) is 18.4. The average molecular weight is 498 g/mol. The topological polar surface area (TPSA) is 96.1 Å². The molecule has 0 saturated carbocycles. The van der Waals surface area contributed by atoms with Crippen LogP contribution in [0.4, 0.5) is 0 Å². The Kier molecular flexibility index (Phi) is 7.70. The highest BCUT2D eigenvalue weighted by Crippen LogP contribution is 2.22. The van der Waals surface area contributed by atoms with Gasteiger partial charge in [-0.3, -0.25) is 9.59 Å². The molecule has 158 valence electrons. The molecule has 0 radical (unpaired) electrons. The number of carbonyl (C=O) groups is 2. The molecular formula is C20H12Cl4N4O3. The quantitative estimate of drug-likeness (QED) is 0.351. The number of carbonyl (C=O) groups excluding carboxylic acids is 2. The Hall–Kier alpha value is -2.84. The van der Waals surface area contributed by atoms with Crippen LogP contribution in [0.5, 0.6) is 0 Å². The lowest BCUT2D eigenvalue weighted by Crippen LogP contribution is -2.18. The first-order valence-electron chi connectivity index (χ1n) is 8.50. The van der Waals surface area contributed by atoms with E-state index in [1.54, 1.807) is 36.4 Å². The van der Waals surface area contributed by atoms with Crippen LogP contribution in [0.1, 0.15) is 32.2 Å². The number of nitrogens with zero attached hydrogens (tertiary/aromatic N) is 2. The number of amides is 2. The maximum atomic E-state index is 12.1. The van der Waals surface area contributed by atoms with Crippen molar-refractivity contribution < 1.29 is 14.0 Å². The van der Waals surface area contributed by atoms with Crippen LogP contribution >= 0.6 is 46.4 Å². The smallest absolute Gasteiger partial charge is 0.307 e. The Labute approximate surface area is 196 Å². The van der Waals surface area contributed by atoms with Gasteiger partial charge in [0.1, 0.15) is 0 Å². The standard InChI is InChI=1S/C20H12Cl4N4O3/c21-13-3-1-11(7-15(13)23)9-25-27-19(29)17-5-6-18(31-17)20(30)28-26-10-12-2-4-14(22)16(24)8-12/h1-10H,(H,27,29)(H,28,30). The van der Waals surface area contributed by atoms with Crippen LogP contribution in [-0.4, -0.2) is 24.2 Å². The van der Waals surface area contributed by atoms with Crippen molar-refractivity contribution in [2.75, 3.05) is 0 Å². The molecule has 1 aromatic heterocycles. The number of hydrazone groups is 2. The molecule has 0 bridgehead atoms. The van der Waals surface area contributed by atoms with Crippen molar-refractivity contribution in [3.8, 4) is 0 Å². The summed E-state index contributed by atoms with van der Waals surface area (Å²) >= 11 is 23.5. The van der Waals surface area contributed by atoms with Crippen molar-refractivity contribution >= 4 is 70.6 Å². The molecule has 0 saturated heterocycles. The van der Waals surface area contributed by atoms with Gasteiger partial charge in [0.05, 0.1) is 32.5 Å². The molecule has 2 N–H and O–H groups in total. The Bertz CT molecular complexity index is 1100. The van der Waals surface area contributed by atoms with Gasteiger partial charge in [-0.2, -0.15) is 10.2 Å². The van der Waals surface area contributed by atoms with Gasteiger partial charge in [-0.25, -0.2) is 10.9 Å². The number of halogens is 4. The third-order valence-electron chi connectivity index (χ3n) is 3.70. The molecular weight excluding hydrogens is 486 g/mol. The van der Waals surface area contributed by atoms with Crippen molar-refractivity contribution in [1.82, 2.24) is 10.9 Å². The molecule has 31 heavy (non-hydrogen) atoms. The summed E-state index contributed by atoms with van der Waals surface area (Å²) in [5, 5.41) is 9.16. The fourth-order valence-electron chi connectivity index (χ4n) is 2.21. The number of rotatable bonds is 6. The summed E-state index contributed by atoms with van der Waals surface area (Å²) in [5.41, 5.74) is 5.84. The molecule has 2 amide bonds. The van der Waals surface area contributed by atoms with E-state index in [0.29, 0.717) is 31.2 Å². The fraction of sp³-hybridized carbons (Fsp3) is 0. The van der Waals surface area contributed by atoms with E-state index in [1.165, 1.54) is 24.6 Å². The molecule has 0 spiro atoms. The summed E-state index contributed by atoms with van der Waals surface area (Å²) in [5.74, 6) is -1.50. The zero-order valence-electron chi connectivity index (χ0n) is 15.4. The first-order valence-corrected chi connectivity index (χ1v) is 10.0. The highest BCUT2D eigenvalue weighted by atomic mass is 35.5. The normalized spacial score (nSPS) is 11.2. The van der Waals surface area contributed by atoms with E-state index in [4.69, 9.17) is 50.8 Å². The highest BCUT2D eigenvalue weighted by Gasteiger charge is 2.15. The van der Waals surface area contributed by atoms with Gasteiger partial charge in [0.25, 0.3) is 0 Å². The number of benzene rings is 2. The van der Waals surface area contributed by atoms with Crippen LogP contribution in [0, 0.1) is 0 Å². The van der Waals surface area contributed by atoms with E-state index in [1.807, 2.05) is 0 Å². The van der Waals surface area contributed by atoms with Crippen LogP contribution in [-0.2, 0) is 0 Å². The van der Waals surface area contributed by atoms with E-state index in [-0.39, 0.29) is 11.5 Å². The Morgan fingerprint density at radius 3 is 1.48 bits per heavy atom. The van der Waals surface area contributed by atoms with Gasteiger partial charge >= 0.3 is 11.8 Å². The lowest BCUT2D eigenvalue weighted by molar-refractivity contribution is 0.0902. The van der Waals surface area contributed by atoms with Gasteiger partial charge < -0.3 is 4.42 Å². The van der Waals surface area contributed by atoms with Gasteiger partial charge in [0, 0.05) is 0 Å². The molecule has 11 heteroatoms. The lowest BCUT2D eigenvalue weighted by atomic mass is 10.2. The zero-order chi connectivity index (χ0) is 22.4. The predicted molar refractivity (Wildman–Crippen MR) is 122 cm³/mol. The summed E-state index contributed by atoms with van der Waals surface area (Å²) in [6.45, 7) is 0. The van der Waals surface area contributed by atoms with Crippen molar-refractivity contribution in [1.29, 1.82) is 0 Å². The van der Waals surface area contributed by atoms with Gasteiger partial charge in [0.15, 0.2) is 11.5 Å². The lowest BCUT2D eigenvalue weighted by Gasteiger charge is -1.99. The first kappa shape index (κ1) is 22.8. The Balaban J connectivity index is 1.55. The van der Waals surface area contributed by atoms with Crippen molar-refractivity contribution in [2.24, 2.45) is 10.2 Å². The summed E-state index contributed by atoms with van der Waals surface area (Å²) in [6, 6.07) is 12.4. The van der Waals surface area contributed by atoms with E-state index < -0.39 is 11.8 Å². The number of hydrogen-bond donors (Lipinski definition) is 2. The van der Waals surface area contributed by atoms with Crippen LogP contribution in [0.2, 0.25) is 20.1 Å². The summed E-state index contributed by atoms with van der Waals surface area (Å²) < 4.78 is 5.23. The maximum absolute atomic E-state index is 12.1. The van der Waals surface area contributed by atoms with E-state index >= 15 is 0 Å². The Morgan fingerprint density at radius 2 is 1.10 bits per heavy atom. The number of furan rings is 1. The second-order valence-electron chi connectivity index (χ2n) is 5.91. The fourth-order valence-corrected chi connectivity index (χ4v) is 2.82. The molecule has 3 rings (SSSR count). The van der Waals surface area contributed by atoms with E-state index in [9.17, 15) is 9.59 Å². The summed E-state index contributed by atoms with van der Waals surface area (Å²) in [4.78, 5) is 24.2. The summed E-state index contributed by atoms with van der Waals surface area (Å²) in [6.07, 6.45) is 2.77. The molecule has 7 nitrogen and oxygen atoms in total. The minimum absolute atomic E-state index is 0.107. The Morgan fingerprint density at radius 1 is 0.677 bits per heavy atom. The average Bonchev–Trinajstić information content (AvgIpc) is 3.24. The van der Waals surface area contributed by atoms with Gasteiger partial charge in [-0.05, 0) is 47.5 Å². The molecule has 0 aliphatic carbocycles. The second-order valence-corrected chi connectivity index (χ2v) is 7.54. The maximum Gasteiger partial charge on any atom is 0.307 e. The monoisotopic (exact) mass is 496 g/mol. The van der Waals surface area contributed by atoms with Gasteiger partial charge in [0.2, 0.25) is 0 Å². The largest absolute Gasteiger partial charge is 0.446 e. The van der Waals surface area contributed by atoms with Crippen LogP contribution in [0.15, 0.2) is 63.2 Å². The molecule has 2 aromatic carbocycles. The van der Waals surface area contributed by atoms with Gasteiger partial charge in [-0.1, -0.05) is 58.5 Å². The molecule has 3 aromatic rings. The van der Waals surface area contributed by atoms with Crippen LogP contribution in [0.3, 0.4) is 0 Å². The minimum atomic E-state index is -0.644. The van der Waals surface area contributed by atoms with Crippen LogP contribution in [0.25, 0.3) is 0 Å². The van der Waals surface area contributed by atoms with Gasteiger partial charge in [-0.15, -0.1) is 0 Å². The molecule has 0 fully saturated rings. The third kappa shape index (κ3) is 6.32. The van der Waals surface area contributed by atoms with E-state index in [2.05, 4.69) is 21.1 Å².